The number of hydrogen-bond donors (Lipinski definition) is 1. The van der Waals surface area contributed by atoms with Crippen LogP contribution in [0.1, 0.15) is 18.4 Å². The molecule has 0 aliphatic carbocycles. The zero-order valence-corrected chi connectivity index (χ0v) is 11.0. The first-order chi connectivity index (χ1) is 8.24. The molecule has 1 aromatic rings. The average molecular weight is 296 g/mol. The van der Waals surface area contributed by atoms with Crippen molar-refractivity contribution in [2.75, 3.05) is 24.6 Å². The Hall–Kier alpha value is -1.12. The van der Waals surface area contributed by atoms with Crippen molar-refractivity contribution in [3.8, 4) is 6.07 Å². The zero-order valence-electron chi connectivity index (χ0n) is 9.43. The van der Waals surface area contributed by atoms with Crippen molar-refractivity contribution in [1.29, 1.82) is 5.26 Å². The molecule has 4 nitrogen and oxygen atoms in total. The number of piperidine rings is 1. The number of rotatable bonds is 2. The van der Waals surface area contributed by atoms with E-state index in [0.717, 1.165) is 36.2 Å². The van der Waals surface area contributed by atoms with Gasteiger partial charge in [0.05, 0.1) is 5.56 Å². The van der Waals surface area contributed by atoms with E-state index < -0.39 is 0 Å². The predicted molar refractivity (Wildman–Crippen MR) is 68.7 cm³/mol. The quantitative estimate of drug-likeness (QED) is 0.906. The first-order valence-corrected chi connectivity index (χ1v) is 6.45. The van der Waals surface area contributed by atoms with Gasteiger partial charge in [-0.15, -0.1) is 0 Å². The van der Waals surface area contributed by atoms with E-state index in [1.54, 1.807) is 12.3 Å². The molecule has 0 atom stereocenters. The molecule has 1 N–H and O–H groups in total. The smallest absolute Gasteiger partial charge is 0.146 e. The summed E-state index contributed by atoms with van der Waals surface area (Å²) in [5.41, 5.74) is 0.599. The average Bonchev–Trinajstić information content (AvgIpc) is 2.39. The molecule has 1 aliphatic heterocycles. The van der Waals surface area contributed by atoms with Crippen molar-refractivity contribution in [1.82, 2.24) is 4.98 Å². The van der Waals surface area contributed by atoms with Gasteiger partial charge in [0.25, 0.3) is 0 Å². The van der Waals surface area contributed by atoms with Gasteiger partial charge < -0.3 is 10.0 Å². The number of nitrogens with zero attached hydrogens (tertiary/aromatic N) is 3. The minimum absolute atomic E-state index is 0.257. The SMILES string of the molecule is N#Cc1cc(Br)cnc1N1CCC(CO)CC1. The Morgan fingerprint density at radius 2 is 2.24 bits per heavy atom. The van der Waals surface area contributed by atoms with Crippen LogP contribution in [-0.4, -0.2) is 29.8 Å². The molecule has 0 unspecified atom stereocenters. The van der Waals surface area contributed by atoms with Gasteiger partial charge in [-0.3, -0.25) is 0 Å². The number of anilines is 1. The van der Waals surface area contributed by atoms with Crippen LogP contribution in [0.4, 0.5) is 5.82 Å². The summed E-state index contributed by atoms with van der Waals surface area (Å²) in [4.78, 5) is 6.44. The predicted octanol–water partition coefficient (Wildman–Crippen LogP) is 1.92. The van der Waals surface area contributed by atoms with Gasteiger partial charge in [-0.1, -0.05) is 0 Å². The van der Waals surface area contributed by atoms with Gasteiger partial charge in [-0.2, -0.15) is 5.26 Å². The molecule has 1 saturated heterocycles. The Labute approximate surface area is 109 Å². The van der Waals surface area contributed by atoms with Crippen LogP contribution in [0.5, 0.6) is 0 Å². The summed E-state index contributed by atoms with van der Waals surface area (Å²) in [7, 11) is 0. The molecular formula is C12H14BrN3O. The molecule has 0 bridgehead atoms. The Morgan fingerprint density at radius 1 is 1.53 bits per heavy atom. The monoisotopic (exact) mass is 295 g/mol. The highest BCUT2D eigenvalue weighted by Gasteiger charge is 2.21. The van der Waals surface area contributed by atoms with Crippen LogP contribution in [0.3, 0.4) is 0 Å². The van der Waals surface area contributed by atoms with Crippen molar-refractivity contribution in [3.63, 3.8) is 0 Å². The lowest BCUT2D eigenvalue weighted by Gasteiger charge is -2.32. The minimum atomic E-state index is 0.257. The maximum atomic E-state index is 9.09. The van der Waals surface area contributed by atoms with Gasteiger partial charge in [0, 0.05) is 30.4 Å². The fraction of sp³-hybridized carbons (Fsp3) is 0.500. The molecule has 17 heavy (non-hydrogen) atoms. The highest BCUT2D eigenvalue weighted by atomic mass is 79.9. The topological polar surface area (TPSA) is 60.2 Å². The van der Waals surface area contributed by atoms with Gasteiger partial charge in [0.15, 0.2) is 0 Å². The summed E-state index contributed by atoms with van der Waals surface area (Å²) in [6.07, 6.45) is 3.63. The molecule has 5 heteroatoms. The first kappa shape index (κ1) is 12.3. The highest BCUT2D eigenvalue weighted by Crippen LogP contribution is 2.25. The maximum absolute atomic E-state index is 9.09. The second kappa shape index (κ2) is 5.48. The molecule has 0 saturated carbocycles. The Bertz CT molecular complexity index is 436. The molecular weight excluding hydrogens is 282 g/mol. The summed E-state index contributed by atoms with van der Waals surface area (Å²) < 4.78 is 0.822. The third kappa shape index (κ3) is 2.76. The Kier molecular flexibility index (Phi) is 3.97. The van der Waals surface area contributed by atoms with Gasteiger partial charge in [-0.05, 0) is 40.8 Å². The summed E-state index contributed by atoms with van der Waals surface area (Å²) in [5.74, 6) is 1.15. The third-order valence-corrected chi connectivity index (χ3v) is 3.56. The van der Waals surface area contributed by atoms with Crippen molar-refractivity contribution < 1.29 is 5.11 Å². The maximum Gasteiger partial charge on any atom is 0.146 e. The fourth-order valence-corrected chi connectivity index (χ4v) is 2.42. The normalized spacial score (nSPS) is 16.9. The molecule has 2 heterocycles. The second-order valence-corrected chi connectivity index (χ2v) is 5.17. The van der Waals surface area contributed by atoms with Crippen LogP contribution in [0.15, 0.2) is 16.7 Å². The third-order valence-electron chi connectivity index (χ3n) is 3.13. The van der Waals surface area contributed by atoms with E-state index in [9.17, 15) is 0 Å². The number of hydrogen-bond acceptors (Lipinski definition) is 4. The van der Waals surface area contributed by atoms with Crippen LogP contribution >= 0.6 is 15.9 Å². The lowest BCUT2D eigenvalue weighted by Crippen LogP contribution is -2.35. The molecule has 1 fully saturated rings. The highest BCUT2D eigenvalue weighted by molar-refractivity contribution is 9.10. The number of pyridine rings is 1. The number of halogens is 1. The summed E-state index contributed by atoms with van der Waals surface area (Å²) in [6, 6.07) is 3.97. The Balaban J connectivity index is 2.16. The van der Waals surface area contributed by atoms with Crippen LogP contribution < -0.4 is 4.90 Å². The summed E-state index contributed by atoms with van der Waals surface area (Å²) in [5, 5.41) is 18.2. The fourth-order valence-electron chi connectivity index (χ4n) is 2.09. The van der Waals surface area contributed by atoms with Crippen molar-refractivity contribution >= 4 is 21.7 Å². The minimum Gasteiger partial charge on any atom is -0.396 e. The Morgan fingerprint density at radius 3 is 2.82 bits per heavy atom. The van der Waals surface area contributed by atoms with E-state index in [4.69, 9.17) is 10.4 Å². The first-order valence-electron chi connectivity index (χ1n) is 5.66. The second-order valence-electron chi connectivity index (χ2n) is 4.25. The van der Waals surface area contributed by atoms with Crippen molar-refractivity contribution in [3.05, 3.63) is 22.3 Å². The zero-order chi connectivity index (χ0) is 12.3. The summed E-state index contributed by atoms with van der Waals surface area (Å²) >= 11 is 3.32. The van der Waals surface area contributed by atoms with Crippen molar-refractivity contribution in [2.24, 2.45) is 5.92 Å². The van der Waals surface area contributed by atoms with Crippen LogP contribution in [0.2, 0.25) is 0 Å². The standard InChI is InChI=1S/C12H14BrN3O/c13-11-5-10(6-14)12(15-7-11)16-3-1-9(8-17)2-4-16/h5,7,9,17H,1-4,8H2. The van der Waals surface area contributed by atoms with E-state index in [-0.39, 0.29) is 6.61 Å². The molecule has 0 amide bonds. The molecule has 1 aliphatic rings. The molecule has 0 aromatic carbocycles. The van der Waals surface area contributed by atoms with Gasteiger partial charge in [-0.25, -0.2) is 4.98 Å². The van der Waals surface area contributed by atoms with Gasteiger partial charge in [0.2, 0.25) is 0 Å². The van der Waals surface area contributed by atoms with E-state index in [2.05, 4.69) is 31.9 Å². The molecule has 2 rings (SSSR count). The summed E-state index contributed by atoms with van der Waals surface area (Å²) in [6.45, 7) is 1.97. The molecule has 0 radical (unpaired) electrons. The van der Waals surface area contributed by atoms with E-state index in [1.807, 2.05) is 0 Å². The van der Waals surface area contributed by atoms with Crippen LogP contribution in [0, 0.1) is 17.2 Å². The van der Waals surface area contributed by atoms with E-state index in [0.29, 0.717) is 11.5 Å². The van der Waals surface area contributed by atoms with Gasteiger partial charge in [0.1, 0.15) is 11.9 Å². The lowest BCUT2D eigenvalue weighted by molar-refractivity contribution is 0.203. The number of aliphatic hydroxyl groups excluding tert-OH is 1. The molecule has 90 valence electrons. The molecule has 1 aromatic heterocycles. The van der Waals surface area contributed by atoms with Gasteiger partial charge >= 0.3 is 0 Å². The number of aliphatic hydroxyl groups is 1. The lowest BCUT2D eigenvalue weighted by atomic mass is 9.98. The van der Waals surface area contributed by atoms with E-state index in [1.165, 1.54) is 0 Å². The molecule has 0 spiro atoms. The van der Waals surface area contributed by atoms with E-state index >= 15 is 0 Å². The number of aromatic nitrogens is 1. The van der Waals surface area contributed by atoms with Crippen molar-refractivity contribution in [2.45, 2.75) is 12.8 Å². The van der Waals surface area contributed by atoms with Crippen LogP contribution in [0.25, 0.3) is 0 Å². The number of nitriles is 1. The largest absolute Gasteiger partial charge is 0.396 e. The van der Waals surface area contributed by atoms with Crippen LogP contribution in [-0.2, 0) is 0 Å².